The molecule has 7 heteroatoms. The van der Waals surface area contributed by atoms with Gasteiger partial charge in [0, 0.05) is 5.39 Å². The van der Waals surface area contributed by atoms with E-state index in [9.17, 15) is 9.59 Å². The lowest BCUT2D eigenvalue weighted by Gasteiger charge is -2.08. The van der Waals surface area contributed by atoms with Crippen LogP contribution in [-0.4, -0.2) is 30.7 Å². The van der Waals surface area contributed by atoms with Crippen molar-refractivity contribution >= 4 is 55.0 Å². The largest absolute Gasteiger partial charge is 0.496 e. The first-order valence-electron chi connectivity index (χ1n) is 10.3. The number of fused-ring (bicyclic) bond motifs is 4. The van der Waals surface area contributed by atoms with Crippen LogP contribution in [0, 0.1) is 0 Å². The van der Waals surface area contributed by atoms with Gasteiger partial charge in [-0.25, -0.2) is 0 Å². The molecule has 0 N–H and O–H groups in total. The van der Waals surface area contributed by atoms with E-state index in [1.54, 1.807) is 10.6 Å². The van der Waals surface area contributed by atoms with Crippen molar-refractivity contribution in [2.24, 2.45) is 4.99 Å². The van der Waals surface area contributed by atoms with E-state index < -0.39 is 11.9 Å². The summed E-state index contributed by atoms with van der Waals surface area (Å²) >= 11 is 1.37. The highest BCUT2D eigenvalue weighted by molar-refractivity contribution is 7.17. The summed E-state index contributed by atoms with van der Waals surface area (Å²) in [6.45, 7) is -0.0458. The number of nitrogens with zero attached hydrogens (tertiary/aromatic N) is 2. The molecule has 0 unspecified atom stereocenters. The van der Waals surface area contributed by atoms with E-state index in [4.69, 9.17) is 9.47 Å². The van der Waals surface area contributed by atoms with Crippen LogP contribution < -0.4 is 9.54 Å². The Morgan fingerprint density at radius 2 is 1.61 bits per heavy atom. The Hall–Kier alpha value is -3.97. The molecule has 0 aliphatic rings. The number of esters is 1. The van der Waals surface area contributed by atoms with Gasteiger partial charge in [-0.15, -0.1) is 0 Å². The molecule has 4 aromatic carbocycles. The van der Waals surface area contributed by atoms with Crippen molar-refractivity contribution in [2.45, 2.75) is 6.54 Å². The molecule has 0 radical (unpaired) electrons. The summed E-state index contributed by atoms with van der Waals surface area (Å²) in [7, 11) is 2.87. The molecular weight excluding hydrogens is 436 g/mol. The quantitative estimate of drug-likeness (QED) is 0.360. The molecule has 0 saturated heterocycles. The van der Waals surface area contributed by atoms with Crippen LogP contribution in [0.2, 0.25) is 0 Å². The van der Waals surface area contributed by atoms with Crippen LogP contribution in [0.1, 0.15) is 10.4 Å². The number of carbonyl (C=O) groups excluding carboxylic acids is 2. The highest BCUT2D eigenvalue weighted by atomic mass is 32.1. The zero-order valence-corrected chi connectivity index (χ0v) is 18.9. The zero-order chi connectivity index (χ0) is 22.9. The molecule has 1 amide bonds. The maximum atomic E-state index is 13.3. The molecule has 1 heterocycles. The summed E-state index contributed by atoms with van der Waals surface area (Å²) in [5, 5.41) is 4.00. The fourth-order valence-electron chi connectivity index (χ4n) is 3.93. The van der Waals surface area contributed by atoms with Gasteiger partial charge in [0.05, 0.1) is 30.0 Å². The third-order valence-electron chi connectivity index (χ3n) is 5.58. The Labute approximate surface area is 193 Å². The van der Waals surface area contributed by atoms with E-state index in [1.807, 2.05) is 66.7 Å². The molecule has 0 aliphatic carbocycles. The number of methoxy groups -OCH3 is 2. The molecule has 1 aromatic heterocycles. The number of ether oxygens (including phenoxy) is 2. The van der Waals surface area contributed by atoms with E-state index in [0.29, 0.717) is 16.1 Å². The number of rotatable bonds is 4. The molecule has 5 rings (SSSR count). The number of hydrogen-bond acceptors (Lipinski definition) is 5. The number of carbonyl (C=O) groups is 2. The Morgan fingerprint density at radius 1 is 0.909 bits per heavy atom. The monoisotopic (exact) mass is 456 g/mol. The maximum absolute atomic E-state index is 13.3. The first-order chi connectivity index (χ1) is 16.1. The summed E-state index contributed by atoms with van der Waals surface area (Å²) in [5.41, 5.74) is 1.18. The van der Waals surface area contributed by atoms with Gasteiger partial charge in [0.2, 0.25) is 0 Å². The van der Waals surface area contributed by atoms with Crippen molar-refractivity contribution in [2.75, 3.05) is 14.2 Å². The average molecular weight is 457 g/mol. The molecular formula is C26H20N2O4S. The van der Waals surface area contributed by atoms with Crippen molar-refractivity contribution in [3.8, 4) is 5.75 Å². The highest BCUT2D eigenvalue weighted by Gasteiger charge is 2.17. The van der Waals surface area contributed by atoms with Gasteiger partial charge in [-0.2, -0.15) is 4.99 Å². The predicted molar refractivity (Wildman–Crippen MR) is 130 cm³/mol. The summed E-state index contributed by atoms with van der Waals surface area (Å²) in [4.78, 5) is 30.3. The van der Waals surface area contributed by atoms with E-state index >= 15 is 0 Å². The topological polar surface area (TPSA) is 69.9 Å². The predicted octanol–water partition coefficient (Wildman–Crippen LogP) is 4.93. The van der Waals surface area contributed by atoms with Crippen molar-refractivity contribution in [1.82, 2.24) is 4.57 Å². The van der Waals surface area contributed by atoms with E-state index in [0.717, 1.165) is 31.8 Å². The molecule has 164 valence electrons. The van der Waals surface area contributed by atoms with Gasteiger partial charge in [0.1, 0.15) is 12.3 Å². The minimum atomic E-state index is -0.438. The van der Waals surface area contributed by atoms with Gasteiger partial charge >= 0.3 is 5.97 Å². The second-order valence-electron chi connectivity index (χ2n) is 7.50. The first-order valence-corrected chi connectivity index (χ1v) is 11.1. The molecule has 0 bridgehead atoms. The van der Waals surface area contributed by atoms with Crippen LogP contribution in [0.15, 0.2) is 77.8 Å². The summed E-state index contributed by atoms with van der Waals surface area (Å²) in [6.07, 6.45) is 0. The minimum Gasteiger partial charge on any atom is -0.496 e. The molecule has 33 heavy (non-hydrogen) atoms. The number of hydrogen-bond donors (Lipinski definition) is 0. The number of amides is 1. The van der Waals surface area contributed by atoms with Crippen molar-refractivity contribution < 1.29 is 19.1 Å². The third kappa shape index (κ3) is 3.76. The van der Waals surface area contributed by atoms with E-state index in [-0.39, 0.29) is 6.54 Å². The lowest BCUT2D eigenvalue weighted by molar-refractivity contribution is -0.141. The molecule has 0 spiro atoms. The van der Waals surface area contributed by atoms with E-state index in [2.05, 4.69) is 4.99 Å². The normalized spacial score (nSPS) is 11.9. The van der Waals surface area contributed by atoms with Gasteiger partial charge in [-0.3, -0.25) is 9.59 Å². The van der Waals surface area contributed by atoms with Crippen LogP contribution in [0.25, 0.3) is 31.8 Å². The molecule has 0 fully saturated rings. The Morgan fingerprint density at radius 3 is 2.33 bits per heavy atom. The lowest BCUT2D eigenvalue weighted by Crippen LogP contribution is -2.22. The van der Waals surface area contributed by atoms with Crippen molar-refractivity contribution in [3.63, 3.8) is 0 Å². The fourth-order valence-corrected chi connectivity index (χ4v) is 5.10. The maximum Gasteiger partial charge on any atom is 0.325 e. The minimum absolute atomic E-state index is 0.0458. The standard InChI is InChI=1S/C26H20N2O4S/c1-31-22-14-18-9-4-3-8-17(18)13-20(22)25(30)27-26-28(15-23(29)32-2)21-12-11-16-7-5-6-10-19(16)24(21)33-26/h3-14H,15H2,1-2H3. The summed E-state index contributed by atoms with van der Waals surface area (Å²) in [6, 6.07) is 23.3. The lowest BCUT2D eigenvalue weighted by atomic mass is 10.1. The van der Waals surface area contributed by atoms with E-state index in [1.165, 1.54) is 25.6 Å². The third-order valence-corrected chi connectivity index (χ3v) is 6.71. The van der Waals surface area contributed by atoms with Gasteiger partial charge in [-0.05, 0) is 34.4 Å². The Bertz CT molecular complexity index is 1610. The zero-order valence-electron chi connectivity index (χ0n) is 18.1. The fraction of sp³-hybridized carbons (Fsp3) is 0.115. The van der Waals surface area contributed by atoms with Crippen LogP contribution in [-0.2, 0) is 16.1 Å². The summed E-state index contributed by atoms with van der Waals surface area (Å²) < 4.78 is 13.0. The SMILES string of the molecule is COC(=O)Cn1c(=NC(=O)c2cc3ccccc3cc2OC)sc2c3ccccc3ccc21. The van der Waals surface area contributed by atoms with Crippen molar-refractivity contribution in [3.05, 3.63) is 83.2 Å². The highest BCUT2D eigenvalue weighted by Crippen LogP contribution is 2.29. The smallest absolute Gasteiger partial charge is 0.325 e. The summed E-state index contributed by atoms with van der Waals surface area (Å²) in [5.74, 6) is -0.402. The average Bonchev–Trinajstić information content (AvgIpc) is 3.20. The first kappa shape index (κ1) is 20.9. The van der Waals surface area contributed by atoms with Crippen LogP contribution in [0.4, 0.5) is 0 Å². The van der Waals surface area contributed by atoms with Crippen LogP contribution in [0.3, 0.4) is 0 Å². The van der Waals surface area contributed by atoms with Gasteiger partial charge in [0.25, 0.3) is 5.91 Å². The van der Waals surface area contributed by atoms with Crippen LogP contribution in [0.5, 0.6) is 5.75 Å². The number of thiazole rings is 1. The Balaban J connectivity index is 1.73. The Kier molecular flexibility index (Phi) is 5.40. The molecule has 6 nitrogen and oxygen atoms in total. The number of aromatic nitrogens is 1. The van der Waals surface area contributed by atoms with Crippen LogP contribution >= 0.6 is 11.3 Å². The van der Waals surface area contributed by atoms with Gasteiger partial charge < -0.3 is 14.0 Å². The van der Waals surface area contributed by atoms with Crippen molar-refractivity contribution in [1.29, 1.82) is 0 Å². The van der Waals surface area contributed by atoms with Gasteiger partial charge in [-0.1, -0.05) is 65.9 Å². The molecule has 5 aromatic rings. The molecule has 0 aliphatic heterocycles. The second kappa shape index (κ2) is 8.52. The van der Waals surface area contributed by atoms with Gasteiger partial charge in [0.15, 0.2) is 4.80 Å². The number of benzene rings is 4. The second-order valence-corrected chi connectivity index (χ2v) is 8.48. The molecule has 0 atom stereocenters. The molecule has 0 saturated carbocycles.